The summed E-state index contributed by atoms with van der Waals surface area (Å²) in [5.41, 5.74) is 2.75. The van der Waals surface area contributed by atoms with Crippen LogP contribution in [0.15, 0.2) is 90.1 Å². The molecular formula is C21H16FN3S. The van der Waals surface area contributed by atoms with Crippen LogP contribution in [-0.2, 0) is 0 Å². The zero-order valence-corrected chi connectivity index (χ0v) is 14.7. The molecule has 3 nitrogen and oxygen atoms in total. The Hall–Kier alpha value is -2.92. The highest BCUT2D eigenvalue weighted by atomic mass is 32.2. The van der Waals surface area contributed by atoms with Gasteiger partial charge < -0.3 is 0 Å². The quantitative estimate of drug-likeness (QED) is 0.478. The maximum atomic E-state index is 14.0. The van der Waals surface area contributed by atoms with Crippen LogP contribution in [0.1, 0.15) is 16.4 Å². The molecule has 5 heteroatoms. The molecule has 1 N–H and O–H groups in total. The van der Waals surface area contributed by atoms with E-state index in [-0.39, 0.29) is 11.1 Å². The van der Waals surface area contributed by atoms with E-state index >= 15 is 0 Å². The molecule has 1 aromatic heterocycles. The van der Waals surface area contributed by atoms with Gasteiger partial charge in [0.05, 0.1) is 10.8 Å². The molecule has 128 valence electrons. The Bertz CT molecular complexity index is 947. The Balaban J connectivity index is 1.66. The number of hydrogen-bond acceptors (Lipinski definition) is 3. The zero-order chi connectivity index (χ0) is 17.8. The lowest BCUT2D eigenvalue weighted by atomic mass is 10.0. The van der Waals surface area contributed by atoms with Crippen LogP contribution in [0.3, 0.4) is 0 Å². The average Bonchev–Trinajstić information content (AvgIpc) is 3.16. The fraction of sp³-hybridized carbons (Fsp3) is 0.0476. The number of aromatic nitrogens is 3. The second-order valence-electron chi connectivity index (χ2n) is 5.77. The Morgan fingerprint density at radius 3 is 1.96 bits per heavy atom. The maximum Gasteiger partial charge on any atom is 0.209 e. The van der Waals surface area contributed by atoms with Crippen LogP contribution in [-0.4, -0.2) is 15.2 Å². The molecular weight excluding hydrogens is 345 g/mol. The number of aromatic amines is 1. The molecule has 0 aliphatic rings. The number of thioether (sulfide) groups is 1. The van der Waals surface area contributed by atoms with Crippen LogP contribution in [0.2, 0.25) is 0 Å². The minimum Gasteiger partial charge on any atom is -0.258 e. The molecule has 0 saturated carbocycles. The molecule has 0 atom stereocenters. The van der Waals surface area contributed by atoms with Crippen molar-refractivity contribution in [3.63, 3.8) is 0 Å². The molecule has 0 radical (unpaired) electrons. The van der Waals surface area contributed by atoms with Crippen molar-refractivity contribution in [1.29, 1.82) is 0 Å². The summed E-state index contributed by atoms with van der Waals surface area (Å²) in [6, 6.07) is 27.0. The largest absolute Gasteiger partial charge is 0.258 e. The van der Waals surface area contributed by atoms with Gasteiger partial charge in [-0.15, -0.1) is 5.10 Å². The fourth-order valence-corrected chi connectivity index (χ4v) is 3.80. The first-order valence-electron chi connectivity index (χ1n) is 8.25. The van der Waals surface area contributed by atoms with E-state index in [1.165, 1.54) is 17.2 Å². The first-order valence-corrected chi connectivity index (χ1v) is 9.13. The van der Waals surface area contributed by atoms with Gasteiger partial charge in [-0.3, -0.25) is 5.10 Å². The van der Waals surface area contributed by atoms with Gasteiger partial charge in [0.2, 0.25) is 5.16 Å². The van der Waals surface area contributed by atoms with Crippen LogP contribution < -0.4 is 0 Å². The smallest absolute Gasteiger partial charge is 0.209 e. The summed E-state index contributed by atoms with van der Waals surface area (Å²) in [7, 11) is 0. The highest BCUT2D eigenvalue weighted by Gasteiger charge is 2.19. The minimum atomic E-state index is -0.317. The molecule has 26 heavy (non-hydrogen) atoms. The number of rotatable bonds is 5. The van der Waals surface area contributed by atoms with Gasteiger partial charge in [0, 0.05) is 0 Å². The monoisotopic (exact) mass is 361 g/mol. The molecule has 1 heterocycles. The van der Waals surface area contributed by atoms with E-state index < -0.39 is 0 Å². The van der Waals surface area contributed by atoms with Crippen molar-refractivity contribution < 1.29 is 4.39 Å². The lowest BCUT2D eigenvalue weighted by Crippen LogP contribution is -1.97. The number of nitrogens with one attached hydrogen (secondary N) is 1. The SMILES string of the molecule is Fc1ccccc1-c1nc(SC(c2ccccc2)c2ccccc2)n[nH]1. The van der Waals surface area contributed by atoms with E-state index in [9.17, 15) is 4.39 Å². The number of benzene rings is 3. The molecule has 0 aliphatic carbocycles. The Morgan fingerprint density at radius 2 is 1.35 bits per heavy atom. The topological polar surface area (TPSA) is 41.6 Å². The Labute approximate surface area is 155 Å². The molecule has 0 fully saturated rings. The average molecular weight is 361 g/mol. The molecule has 4 aromatic rings. The minimum absolute atomic E-state index is 0.0571. The van der Waals surface area contributed by atoms with Gasteiger partial charge in [-0.1, -0.05) is 84.6 Å². The highest BCUT2D eigenvalue weighted by molar-refractivity contribution is 7.99. The van der Waals surface area contributed by atoms with Gasteiger partial charge in [0.15, 0.2) is 5.82 Å². The fourth-order valence-electron chi connectivity index (χ4n) is 2.76. The van der Waals surface area contributed by atoms with Crippen LogP contribution in [0.4, 0.5) is 4.39 Å². The third-order valence-electron chi connectivity index (χ3n) is 4.02. The van der Waals surface area contributed by atoms with Crippen molar-refractivity contribution >= 4 is 11.8 Å². The Kier molecular flexibility index (Phi) is 4.80. The second kappa shape index (κ2) is 7.54. The van der Waals surface area contributed by atoms with Gasteiger partial charge in [0.1, 0.15) is 5.82 Å². The summed E-state index contributed by atoms with van der Waals surface area (Å²) in [4.78, 5) is 4.49. The predicted molar refractivity (Wildman–Crippen MR) is 102 cm³/mol. The van der Waals surface area contributed by atoms with Crippen molar-refractivity contribution in [2.75, 3.05) is 0 Å². The molecule has 0 bridgehead atoms. The summed E-state index contributed by atoms with van der Waals surface area (Å²) in [6.07, 6.45) is 0. The standard InChI is InChI=1S/C21H16FN3S/c22-18-14-8-7-13-17(18)20-23-21(25-24-20)26-19(15-9-3-1-4-10-15)16-11-5-2-6-12-16/h1-14,19H,(H,23,24,25). The van der Waals surface area contributed by atoms with Crippen LogP contribution in [0.5, 0.6) is 0 Å². The summed E-state index contributed by atoms with van der Waals surface area (Å²) in [5, 5.41) is 7.78. The molecule has 0 saturated heterocycles. The number of nitrogens with zero attached hydrogens (tertiary/aromatic N) is 2. The van der Waals surface area contributed by atoms with E-state index in [1.807, 2.05) is 36.4 Å². The Morgan fingerprint density at radius 1 is 0.769 bits per heavy atom. The van der Waals surface area contributed by atoms with Crippen molar-refractivity contribution in [3.8, 4) is 11.4 Å². The number of hydrogen-bond donors (Lipinski definition) is 1. The summed E-state index contributed by atoms with van der Waals surface area (Å²) in [5.74, 6) is 0.119. The second-order valence-corrected chi connectivity index (χ2v) is 6.84. The zero-order valence-electron chi connectivity index (χ0n) is 13.8. The van der Waals surface area contributed by atoms with Crippen LogP contribution >= 0.6 is 11.8 Å². The van der Waals surface area contributed by atoms with Gasteiger partial charge in [-0.05, 0) is 23.3 Å². The van der Waals surface area contributed by atoms with E-state index in [1.54, 1.807) is 30.0 Å². The lowest BCUT2D eigenvalue weighted by Gasteiger charge is -2.15. The van der Waals surface area contributed by atoms with E-state index in [2.05, 4.69) is 39.4 Å². The predicted octanol–water partition coefficient (Wildman–Crippen LogP) is 5.49. The van der Waals surface area contributed by atoms with E-state index in [0.29, 0.717) is 16.5 Å². The molecule has 0 spiro atoms. The van der Waals surface area contributed by atoms with Crippen molar-refractivity contribution in [1.82, 2.24) is 15.2 Å². The summed E-state index contributed by atoms with van der Waals surface area (Å²) in [6.45, 7) is 0. The van der Waals surface area contributed by atoms with Gasteiger partial charge in [0.25, 0.3) is 0 Å². The molecule has 0 amide bonds. The summed E-state index contributed by atoms with van der Waals surface area (Å²) >= 11 is 1.54. The van der Waals surface area contributed by atoms with Gasteiger partial charge in [-0.25, -0.2) is 9.37 Å². The third kappa shape index (κ3) is 3.53. The molecule has 0 aliphatic heterocycles. The molecule has 0 unspecified atom stereocenters. The third-order valence-corrected chi connectivity index (χ3v) is 5.20. The molecule has 3 aromatic carbocycles. The van der Waals surface area contributed by atoms with Crippen molar-refractivity contribution in [2.24, 2.45) is 0 Å². The van der Waals surface area contributed by atoms with E-state index in [0.717, 1.165) is 0 Å². The van der Waals surface area contributed by atoms with Gasteiger partial charge in [-0.2, -0.15) is 0 Å². The van der Waals surface area contributed by atoms with Crippen molar-refractivity contribution in [2.45, 2.75) is 10.4 Å². The van der Waals surface area contributed by atoms with Crippen LogP contribution in [0, 0.1) is 5.82 Å². The number of halogens is 1. The molecule has 4 rings (SSSR count). The van der Waals surface area contributed by atoms with Crippen molar-refractivity contribution in [3.05, 3.63) is 102 Å². The first-order chi connectivity index (χ1) is 12.8. The maximum absolute atomic E-state index is 14.0. The van der Waals surface area contributed by atoms with E-state index in [4.69, 9.17) is 0 Å². The summed E-state index contributed by atoms with van der Waals surface area (Å²) < 4.78 is 14.0. The first kappa shape index (κ1) is 16.5. The number of H-pyrrole nitrogens is 1. The van der Waals surface area contributed by atoms with Crippen LogP contribution in [0.25, 0.3) is 11.4 Å². The normalized spacial score (nSPS) is 11.0. The lowest BCUT2D eigenvalue weighted by molar-refractivity contribution is 0.630. The highest BCUT2D eigenvalue weighted by Crippen LogP contribution is 2.39. The van der Waals surface area contributed by atoms with Gasteiger partial charge >= 0.3 is 0 Å².